The second kappa shape index (κ2) is 5.33. The van der Waals surface area contributed by atoms with Gasteiger partial charge in [-0.15, -0.1) is 0 Å². The monoisotopic (exact) mass is 240 g/mol. The Kier molecular flexibility index (Phi) is 4.58. The zero-order valence-electron chi connectivity index (χ0n) is 9.37. The number of hydrogen-bond acceptors (Lipinski definition) is 3. The third-order valence-electron chi connectivity index (χ3n) is 3.23. The van der Waals surface area contributed by atoms with Gasteiger partial charge >= 0.3 is 6.18 Å². The summed E-state index contributed by atoms with van der Waals surface area (Å²) in [5, 5.41) is 9.02. The lowest BCUT2D eigenvalue weighted by atomic mass is 9.93. The van der Waals surface area contributed by atoms with Crippen LogP contribution in [0, 0.1) is 5.92 Å². The van der Waals surface area contributed by atoms with Crippen molar-refractivity contribution in [3.05, 3.63) is 0 Å². The molecule has 3 atom stereocenters. The van der Waals surface area contributed by atoms with Crippen molar-refractivity contribution in [2.75, 3.05) is 19.6 Å². The SMILES string of the molecule is CC1CCC(CN)CN1CC(O)C(F)(F)F. The molecule has 1 rings (SSSR count). The van der Waals surface area contributed by atoms with E-state index in [1.165, 1.54) is 0 Å². The highest BCUT2D eigenvalue weighted by molar-refractivity contribution is 4.82. The standard InChI is InChI=1S/C10H19F3N2O/c1-7-2-3-8(4-14)5-15(7)6-9(16)10(11,12)13/h7-9,16H,2-6,14H2,1H3. The Labute approximate surface area is 93.4 Å². The number of β-amino-alcohol motifs (C(OH)–C–C–N with tert-alkyl or cyclic N) is 1. The minimum atomic E-state index is -4.53. The number of aliphatic hydroxyl groups is 1. The molecule has 0 saturated carbocycles. The fourth-order valence-corrected chi connectivity index (χ4v) is 2.03. The molecule has 0 radical (unpaired) electrons. The van der Waals surface area contributed by atoms with Gasteiger partial charge in [-0.1, -0.05) is 0 Å². The molecule has 0 spiro atoms. The zero-order valence-corrected chi connectivity index (χ0v) is 9.37. The molecule has 1 aliphatic rings. The number of aliphatic hydroxyl groups excluding tert-OH is 1. The van der Waals surface area contributed by atoms with Crippen LogP contribution in [0.4, 0.5) is 13.2 Å². The van der Waals surface area contributed by atoms with Crippen molar-refractivity contribution in [1.29, 1.82) is 0 Å². The summed E-state index contributed by atoms with van der Waals surface area (Å²) in [5.41, 5.74) is 5.52. The van der Waals surface area contributed by atoms with Gasteiger partial charge in [-0.25, -0.2) is 0 Å². The molecule has 16 heavy (non-hydrogen) atoms. The molecule has 0 amide bonds. The fourth-order valence-electron chi connectivity index (χ4n) is 2.03. The van der Waals surface area contributed by atoms with Gasteiger partial charge in [0.15, 0.2) is 6.10 Å². The maximum Gasteiger partial charge on any atom is 0.415 e. The van der Waals surface area contributed by atoms with Crippen LogP contribution >= 0.6 is 0 Å². The van der Waals surface area contributed by atoms with Crippen LogP contribution in [0.5, 0.6) is 0 Å². The van der Waals surface area contributed by atoms with Gasteiger partial charge in [0.25, 0.3) is 0 Å². The first-order chi connectivity index (χ1) is 7.34. The number of nitrogens with zero attached hydrogens (tertiary/aromatic N) is 1. The molecule has 3 nitrogen and oxygen atoms in total. The number of rotatable bonds is 3. The molecule has 0 aliphatic carbocycles. The first-order valence-corrected chi connectivity index (χ1v) is 5.53. The van der Waals surface area contributed by atoms with Gasteiger partial charge < -0.3 is 10.8 Å². The zero-order chi connectivity index (χ0) is 12.3. The molecular formula is C10H19F3N2O. The average Bonchev–Trinajstić information content (AvgIpc) is 2.19. The van der Waals surface area contributed by atoms with E-state index in [4.69, 9.17) is 10.8 Å². The van der Waals surface area contributed by atoms with E-state index in [2.05, 4.69) is 0 Å². The number of nitrogens with two attached hydrogens (primary N) is 1. The lowest BCUT2D eigenvalue weighted by Crippen LogP contribution is -2.49. The van der Waals surface area contributed by atoms with Crippen LogP contribution in [-0.2, 0) is 0 Å². The Balaban J connectivity index is 2.51. The van der Waals surface area contributed by atoms with E-state index in [9.17, 15) is 13.2 Å². The van der Waals surface area contributed by atoms with Gasteiger partial charge in [0.05, 0.1) is 0 Å². The molecule has 3 N–H and O–H groups in total. The van der Waals surface area contributed by atoms with Crippen molar-refractivity contribution in [1.82, 2.24) is 4.90 Å². The number of hydrogen-bond donors (Lipinski definition) is 2. The maximum atomic E-state index is 12.2. The Hall–Kier alpha value is -0.330. The normalized spacial score (nSPS) is 30.4. The molecule has 0 aromatic heterocycles. The van der Waals surface area contributed by atoms with Crippen molar-refractivity contribution in [2.24, 2.45) is 11.7 Å². The Morgan fingerprint density at radius 1 is 1.44 bits per heavy atom. The predicted molar refractivity (Wildman–Crippen MR) is 54.9 cm³/mol. The van der Waals surface area contributed by atoms with Crippen LogP contribution in [0.25, 0.3) is 0 Å². The fraction of sp³-hybridized carbons (Fsp3) is 1.00. The van der Waals surface area contributed by atoms with Crippen molar-refractivity contribution in [3.8, 4) is 0 Å². The van der Waals surface area contributed by atoms with E-state index in [1.54, 1.807) is 4.90 Å². The lowest BCUT2D eigenvalue weighted by molar-refractivity contribution is -0.210. The summed E-state index contributed by atoms with van der Waals surface area (Å²) in [6, 6.07) is 0.0831. The smallest absolute Gasteiger partial charge is 0.382 e. The van der Waals surface area contributed by atoms with Crippen LogP contribution < -0.4 is 5.73 Å². The predicted octanol–water partition coefficient (Wildman–Crippen LogP) is 0.969. The molecule has 0 aromatic carbocycles. The second-order valence-electron chi connectivity index (χ2n) is 4.54. The largest absolute Gasteiger partial charge is 0.415 e. The number of likely N-dealkylation sites (tertiary alicyclic amines) is 1. The summed E-state index contributed by atoms with van der Waals surface area (Å²) in [5.74, 6) is 0.247. The van der Waals surface area contributed by atoms with Crippen molar-refractivity contribution in [2.45, 2.75) is 38.1 Å². The molecule has 3 unspecified atom stereocenters. The summed E-state index contributed by atoms with van der Waals surface area (Å²) in [6.45, 7) is 2.58. The molecule has 1 heterocycles. The van der Waals surface area contributed by atoms with Crippen LogP contribution in [-0.4, -0.2) is 48.0 Å². The van der Waals surface area contributed by atoms with E-state index in [0.717, 1.165) is 12.8 Å². The van der Waals surface area contributed by atoms with Gasteiger partial charge in [0.1, 0.15) is 0 Å². The molecule has 1 aliphatic heterocycles. The van der Waals surface area contributed by atoms with Gasteiger partial charge in [0, 0.05) is 19.1 Å². The minimum Gasteiger partial charge on any atom is -0.382 e. The number of piperidine rings is 1. The summed E-state index contributed by atoms with van der Waals surface area (Å²) in [7, 11) is 0. The second-order valence-corrected chi connectivity index (χ2v) is 4.54. The van der Waals surface area contributed by atoms with E-state index < -0.39 is 12.3 Å². The first-order valence-electron chi connectivity index (χ1n) is 5.53. The highest BCUT2D eigenvalue weighted by atomic mass is 19.4. The third kappa shape index (κ3) is 3.61. The third-order valence-corrected chi connectivity index (χ3v) is 3.23. The molecule has 0 bridgehead atoms. The van der Waals surface area contributed by atoms with E-state index in [-0.39, 0.29) is 18.5 Å². The molecular weight excluding hydrogens is 221 g/mol. The van der Waals surface area contributed by atoms with Crippen molar-refractivity contribution >= 4 is 0 Å². The van der Waals surface area contributed by atoms with Gasteiger partial charge in [-0.2, -0.15) is 13.2 Å². The summed E-state index contributed by atoms with van der Waals surface area (Å²) in [4.78, 5) is 1.68. The summed E-state index contributed by atoms with van der Waals surface area (Å²) >= 11 is 0. The lowest BCUT2D eigenvalue weighted by Gasteiger charge is -2.38. The molecule has 6 heteroatoms. The Morgan fingerprint density at radius 2 is 2.06 bits per heavy atom. The van der Waals surface area contributed by atoms with Crippen LogP contribution in [0.3, 0.4) is 0 Å². The first kappa shape index (κ1) is 13.7. The van der Waals surface area contributed by atoms with Gasteiger partial charge in [0.2, 0.25) is 0 Å². The topological polar surface area (TPSA) is 49.5 Å². The Morgan fingerprint density at radius 3 is 2.56 bits per heavy atom. The van der Waals surface area contributed by atoms with Crippen LogP contribution in [0.2, 0.25) is 0 Å². The number of halogens is 3. The quantitative estimate of drug-likeness (QED) is 0.772. The van der Waals surface area contributed by atoms with Crippen LogP contribution in [0.1, 0.15) is 19.8 Å². The number of alkyl halides is 3. The summed E-state index contributed by atoms with van der Waals surface area (Å²) < 4.78 is 36.6. The summed E-state index contributed by atoms with van der Waals surface area (Å²) in [6.07, 6.45) is -5.00. The maximum absolute atomic E-state index is 12.2. The molecule has 1 saturated heterocycles. The molecule has 96 valence electrons. The highest BCUT2D eigenvalue weighted by Crippen LogP contribution is 2.25. The van der Waals surface area contributed by atoms with E-state index >= 15 is 0 Å². The minimum absolute atomic E-state index is 0.0831. The molecule has 1 fully saturated rings. The van der Waals surface area contributed by atoms with E-state index in [0.29, 0.717) is 13.1 Å². The van der Waals surface area contributed by atoms with Crippen LogP contribution in [0.15, 0.2) is 0 Å². The Bertz CT molecular complexity index is 223. The highest BCUT2D eigenvalue weighted by Gasteiger charge is 2.40. The van der Waals surface area contributed by atoms with Crippen molar-refractivity contribution in [3.63, 3.8) is 0 Å². The van der Waals surface area contributed by atoms with Crippen molar-refractivity contribution < 1.29 is 18.3 Å². The van der Waals surface area contributed by atoms with Gasteiger partial charge in [-0.3, -0.25) is 4.90 Å². The average molecular weight is 240 g/mol. The van der Waals surface area contributed by atoms with Gasteiger partial charge in [-0.05, 0) is 32.2 Å². The van der Waals surface area contributed by atoms with E-state index in [1.807, 2.05) is 6.92 Å². The molecule has 0 aromatic rings.